The summed E-state index contributed by atoms with van der Waals surface area (Å²) in [5.41, 5.74) is 6.49. The Kier molecular flexibility index (Phi) is 2.99. The lowest BCUT2D eigenvalue weighted by molar-refractivity contribution is 0.376. The second-order valence-electron chi connectivity index (χ2n) is 3.87. The van der Waals surface area contributed by atoms with Crippen LogP contribution in [0.3, 0.4) is 0 Å². The van der Waals surface area contributed by atoms with E-state index in [4.69, 9.17) is 10.8 Å². The number of rotatable bonds is 3. The van der Waals surface area contributed by atoms with Crippen molar-refractivity contribution in [2.24, 2.45) is 10.7 Å². The van der Waals surface area contributed by atoms with Crippen molar-refractivity contribution in [2.75, 3.05) is 13.1 Å². The third-order valence-corrected chi connectivity index (χ3v) is 2.78. The molecule has 0 spiro atoms. The first kappa shape index (κ1) is 11.4. The van der Waals surface area contributed by atoms with Crippen molar-refractivity contribution < 1.29 is 9.50 Å². The maximum absolute atomic E-state index is 13.3. The average molecular weight is 235 g/mol. The molecule has 0 saturated heterocycles. The zero-order valence-electron chi connectivity index (χ0n) is 9.31. The zero-order chi connectivity index (χ0) is 12.4. The quantitative estimate of drug-likeness (QED) is 0.778. The molecular weight excluding hydrogens is 221 g/mol. The number of phenols is 1. The molecule has 17 heavy (non-hydrogen) atoms. The van der Waals surface area contributed by atoms with E-state index in [-0.39, 0.29) is 11.8 Å². The van der Waals surface area contributed by atoms with Gasteiger partial charge in [-0.25, -0.2) is 4.39 Å². The molecule has 0 aromatic heterocycles. The Balaban J connectivity index is 2.27. The molecule has 1 aromatic rings. The number of benzene rings is 1. The van der Waals surface area contributed by atoms with Crippen LogP contribution < -0.4 is 5.73 Å². The molecule has 1 aliphatic heterocycles. The summed E-state index contributed by atoms with van der Waals surface area (Å²) >= 11 is 0. The van der Waals surface area contributed by atoms with E-state index in [1.165, 1.54) is 12.1 Å². The molecule has 3 N–H and O–H groups in total. The normalized spacial score (nSPS) is 19.2. The summed E-state index contributed by atoms with van der Waals surface area (Å²) in [6, 6.07) is 4.23. The lowest BCUT2D eigenvalue weighted by Crippen LogP contribution is -2.36. The number of guanidine groups is 1. The van der Waals surface area contributed by atoms with Gasteiger partial charge >= 0.3 is 0 Å². The molecule has 0 radical (unpaired) electrons. The summed E-state index contributed by atoms with van der Waals surface area (Å²) in [5.74, 6) is -0.550. The third kappa shape index (κ3) is 2.08. The minimum atomic E-state index is -0.633. The van der Waals surface area contributed by atoms with Gasteiger partial charge in [0.05, 0.1) is 12.6 Å². The van der Waals surface area contributed by atoms with E-state index in [0.29, 0.717) is 19.0 Å². The van der Waals surface area contributed by atoms with Crippen LogP contribution in [-0.2, 0) is 0 Å². The Hall–Kier alpha value is -2.04. The van der Waals surface area contributed by atoms with Gasteiger partial charge in [0.1, 0.15) is 0 Å². The number of aromatic hydroxyl groups is 1. The summed E-state index contributed by atoms with van der Waals surface area (Å²) in [6.45, 7) is 4.70. The van der Waals surface area contributed by atoms with Crippen LogP contribution in [0.5, 0.6) is 5.75 Å². The Morgan fingerprint density at radius 3 is 3.06 bits per heavy atom. The maximum Gasteiger partial charge on any atom is 0.192 e. The Morgan fingerprint density at radius 1 is 1.65 bits per heavy atom. The fourth-order valence-electron chi connectivity index (χ4n) is 1.90. The van der Waals surface area contributed by atoms with Crippen molar-refractivity contribution in [3.63, 3.8) is 0 Å². The first-order valence-corrected chi connectivity index (χ1v) is 5.29. The zero-order valence-corrected chi connectivity index (χ0v) is 9.31. The number of hydrogen-bond donors (Lipinski definition) is 2. The molecule has 0 fully saturated rings. The maximum atomic E-state index is 13.3. The van der Waals surface area contributed by atoms with Gasteiger partial charge in [0.2, 0.25) is 0 Å². The van der Waals surface area contributed by atoms with Crippen LogP contribution in [0.25, 0.3) is 0 Å². The Bertz CT molecular complexity index is 473. The molecular formula is C12H14FN3O. The molecule has 0 bridgehead atoms. The predicted molar refractivity (Wildman–Crippen MR) is 64.2 cm³/mol. The highest BCUT2D eigenvalue weighted by atomic mass is 19.1. The van der Waals surface area contributed by atoms with Crippen LogP contribution in [-0.4, -0.2) is 29.1 Å². The average Bonchev–Trinajstić information content (AvgIpc) is 2.66. The van der Waals surface area contributed by atoms with Crippen molar-refractivity contribution >= 4 is 5.96 Å². The van der Waals surface area contributed by atoms with E-state index in [1.807, 2.05) is 4.90 Å². The van der Waals surface area contributed by atoms with E-state index in [9.17, 15) is 4.39 Å². The molecule has 90 valence electrons. The van der Waals surface area contributed by atoms with Crippen LogP contribution in [0.2, 0.25) is 0 Å². The molecule has 2 rings (SSSR count). The second-order valence-corrected chi connectivity index (χ2v) is 3.87. The van der Waals surface area contributed by atoms with E-state index in [1.54, 1.807) is 12.1 Å². The molecule has 0 amide bonds. The van der Waals surface area contributed by atoms with Crippen molar-refractivity contribution in [3.05, 3.63) is 42.2 Å². The second kappa shape index (κ2) is 4.45. The molecule has 4 nitrogen and oxygen atoms in total. The molecule has 1 atom stereocenters. The number of nitrogens with two attached hydrogens (primary N) is 1. The van der Waals surface area contributed by atoms with Gasteiger partial charge in [-0.15, -0.1) is 6.58 Å². The van der Waals surface area contributed by atoms with Crippen LogP contribution in [0, 0.1) is 5.82 Å². The van der Waals surface area contributed by atoms with Gasteiger partial charge in [-0.05, 0) is 17.7 Å². The molecule has 5 heteroatoms. The molecule has 0 saturated carbocycles. The fourth-order valence-corrected chi connectivity index (χ4v) is 1.90. The van der Waals surface area contributed by atoms with Gasteiger partial charge < -0.3 is 15.7 Å². The minimum Gasteiger partial charge on any atom is -0.505 e. The van der Waals surface area contributed by atoms with Crippen molar-refractivity contribution in [1.82, 2.24) is 4.90 Å². The summed E-state index contributed by atoms with van der Waals surface area (Å²) in [6.07, 6.45) is 1.72. The van der Waals surface area contributed by atoms with Gasteiger partial charge in [0, 0.05) is 6.54 Å². The van der Waals surface area contributed by atoms with E-state index < -0.39 is 5.82 Å². The summed E-state index contributed by atoms with van der Waals surface area (Å²) in [5, 5.41) is 9.15. The number of hydrogen-bond acceptors (Lipinski definition) is 4. The van der Waals surface area contributed by atoms with Gasteiger partial charge in [0.25, 0.3) is 0 Å². The Labute approximate surface area is 98.9 Å². The number of aliphatic imine (C=N–C) groups is 1. The molecule has 1 unspecified atom stereocenters. The molecule has 1 aliphatic rings. The molecule has 1 heterocycles. The fraction of sp³-hybridized carbons (Fsp3) is 0.250. The van der Waals surface area contributed by atoms with Crippen LogP contribution in [0.4, 0.5) is 4.39 Å². The predicted octanol–water partition coefficient (Wildman–Crippen LogP) is 1.39. The lowest BCUT2D eigenvalue weighted by atomic mass is 10.1. The van der Waals surface area contributed by atoms with Gasteiger partial charge in [-0.3, -0.25) is 4.99 Å². The highest BCUT2D eigenvalue weighted by molar-refractivity contribution is 5.80. The standard InChI is InChI=1S/C12H14FN3O/c1-2-5-16-10(7-15-12(16)14)8-3-4-11(17)9(13)6-8/h2-4,6,10,17H,1,5,7H2,(H2,14,15). The van der Waals surface area contributed by atoms with Crippen molar-refractivity contribution in [3.8, 4) is 5.75 Å². The lowest BCUT2D eigenvalue weighted by Gasteiger charge is -2.25. The summed E-state index contributed by atoms with van der Waals surface area (Å²) in [4.78, 5) is 5.98. The van der Waals surface area contributed by atoms with E-state index >= 15 is 0 Å². The molecule has 1 aromatic carbocycles. The third-order valence-electron chi connectivity index (χ3n) is 2.78. The smallest absolute Gasteiger partial charge is 0.192 e. The topological polar surface area (TPSA) is 61.8 Å². The number of nitrogens with zero attached hydrogens (tertiary/aromatic N) is 2. The van der Waals surface area contributed by atoms with Crippen LogP contribution in [0.1, 0.15) is 11.6 Å². The minimum absolute atomic E-state index is 0.0944. The summed E-state index contributed by atoms with van der Waals surface area (Å²) < 4.78 is 13.3. The van der Waals surface area contributed by atoms with Crippen LogP contribution in [0.15, 0.2) is 35.8 Å². The van der Waals surface area contributed by atoms with Gasteiger partial charge in [0.15, 0.2) is 17.5 Å². The number of phenolic OH excluding ortho intramolecular Hbond substituents is 1. The van der Waals surface area contributed by atoms with Crippen molar-refractivity contribution in [2.45, 2.75) is 6.04 Å². The first-order chi connectivity index (χ1) is 8.13. The molecule has 0 aliphatic carbocycles. The van der Waals surface area contributed by atoms with E-state index in [0.717, 1.165) is 5.56 Å². The first-order valence-electron chi connectivity index (χ1n) is 5.29. The van der Waals surface area contributed by atoms with Gasteiger partial charge in [-0.1, -0.05) is 12.1 Å². The SMILES string of the molecule is C=CCN1C(N)=NCC1c1ccc(O)c(F)c1. The highest BCUT2D eigenvalue weighted by Crippen LogP contribution is 2.28. The van der Waals surface area contributed by atoms with Crippen molar-refractivity contribution in [1.29, 1.82) is 0 Å². The van der Waals surface area contributed by atoms with Gasteiger partial charge in [-0.2, -0.15) is 0 Å². The van der Waals surface area contributed by atoms with E-state index in [2.05, 4.69) is 11.6 Å². The monoisotopic (exact) mass is 235 g/mol. The largest absolute Gasteiger partial charge is 0.505 e. The summed E-state index contributed by atoms with van der Waals surface area (Å²) in [7, 11) is 0. The van der Waals surface area contributed by atoms with Crippen LogP contribution >= 0.6 is 0 Å². The highest BCUT2D eigenvalue weighted by Gasteiger charge is 2.26. The number of halogens is 1. The Morgan fingerprint density at radius 2 is 2.41 bits per heavy atom.